The largest absolute Gasteiger partial charge is 0.389 e. The molecule has 1 aliphatic carbocycles. The molecule has 1 saturated carbocycles. The Labute approximate surface area is 73.9 Å². The second kappa shape index (κ2) is 2.71. The minimum absolute atomic E-state index is 0.348. The van der Waals surface area contributed by atoms with Crippen LogP contribution in [0.2, 0.25) is 0 Å². The fourth-order valence-corrected chi connectivity index (χ4v) is 2.50. The molecule has 2 nitrogen and oxygen atoms in total. The lowest BCUT2D eigenvalue weighted by atomic mass is 9.95. The third-order valence-corrected chi connectivity index (χ3v) is 3.52. The quantitative estimate of drug-likeness (QED) is 0.681. The van der Waals surface area contributed by atoms with E-state index in [0.717, 1.165) is 25.9 Å². The van der Waals surface area contributed by atoms with Crippen molar-refractivity contribution >= 4 is 0 Å². The zero-order valence-corrected chi connectivity index (χ0v) is 7.92. The standard InChI is InChI=1S/C10H18O2/c1-3-8-5-10(8,11)9-4-7(2)12-6-9/h7-9,11H,3-6H2,1-2H3. The molecule has 12 heavy (non-hydrogen) atoms. The Kier molecular flexibility index (Phi) is 1.92. The van der Waals surface area contributed by atoms with Crippen LogP contribution in [-0.4, -0.2) is 23.4 Å². The van der Waals surface area contributed by atoms with E-state index in [2.05, 4.69) is 13.8 Å². The van der Waals surface area contributed by atoms with E-state index >= 15 is 0 Å². The number of hydrogen-bond donors (Lipinski definition) is 1. The first kappa shape index (κ1) is 8.52. The normalized spacial score (nSPS) is 52.8. The molecule has 1 aliphatic heterocycles. The van der Waals surface area contributed by atoms with Gasteiger partial charge in [0.15, 0.2) is 0 Å². The van der Waals surface area contributed by atoms with Crippen molar-refractivity contribution in [3.8, 4) is 0 Å². The Morgan fingerprint density at radius 1 is 1.58 bits per heavy atom. The number of hydrogen-bond acceptors (Lipinski definition) is 2. The van der Waals surface area contributed by atoms with E-state index in [4.69, 9.17) is 4.74 Å². The van der Waals surface area contributed by atoms with E-state index in [-0.39, 0.29) is 5.60 Å². The first-order valence-corrected chi connectivity index (χ1v) is 5.00. The van der Waals surface area contributed by atoms with Gasteiger partial charge < -0.3 is 9.84 Å². The van der Waals surface area contributed by atoms with Crippen molar-refractivity contribution in [2.24, 2.45) is 11.8 Å². The molecule has 0 aromatic carbocycles. The van der Waals surface area contributed by atoms with E-state index in [9.17, 15) is 5.11 Å². The lowest BCUT2D eigenvalue weighted by Gasteiger charge is -2.16. The molecule has 0 aromatic rings. The number of rotatable bonds is 2. The van der Waals surface area contributed by atoms with Gasteiger partial charge in [0.25, 0.3) is 0 Å². The van der Waals surface area contributed by atoms with Crippen LogP contribution in [0.15, 0.2) is 0 Å². The highest BCUT2D eigenvalue weighted by molar-refractivity contribution is 5.08. The molecular weight excluding hydrogens is 152 g/mol. The first-order chi connectivity index (χ1) is 5.66. The molecule has 2 aliphatic rings. The van der Waals surface area contributed by atoms with Crippen molar-refractivity contribution in [3.05, 3.63) is 0 Å². The smallest absolute Gasteiger partial charge is 0.0731 e. The molecule has 4 unspecified atom stereocenters. The summed E-state index contributed by atoms with van der Waals surface area (Å²) in [6.07, 6.45) is 3.52. The van der Waals surface area contributed by atoms with Crippen molar-refractivity contribution in [2.45, 2.75) is 44.8 Å². The van der Waals surface area contributed by atoms with Crippen LogP contribution < -0.4 is 0 Å². The van der Waals surface area contributed by atoms with Gasteiger partial charge in [0.1, 0.15) is 0 Å². The molecule has 4 atom stereocenters. The van der Waals surface area contributed by atoms with Crippen molar-refractivity contribution in [1.29, 1.82) is 0 Å². The van der Waals surface area contributed by atoms with Gasteiger partial charge in [-0.2, -0.15) is 0 Å². The summed E-state index contributed by atoms with van der Waals surface area (Å²) >= 11 is 0. The Hall–Kier alpha value is -0.0800. The van der Waals surface area contributed by atoms with E-state index < -0.39 is 0 Å². The van der Waals surface area contributed by atoms with Gasteiger partial charge >= 0.3 is 0 Å². The molecule has 1 heterocycles. The Morgan fingerprint density at radius 2 is 2.33 bits per heavy atom. The average Bonchev–Trinajstić information content (AvgIpc) is 2.50. The van der Waals surface area contributed by atoms with E-state index in [1.54, 1.807) is 0 Å². The van der Waals surface area contributed by atoms with Crippen LogP contribution in [0.4, 0.5) is 0 Å². The molecule has 70 valence electrons. The maximum absolute atomic E-state index is 10.1. The first-order valence-electron chi connectivity index (χ1n) is 5.00. The van der Waals surface area contributed by atoms with Gasteiger partial charge in [0.2, 0.25) is 0 Å². The lowest BCUT2D eigenvalue weighted by molar-refractivity contribution is 0.0507. The maximum atomic E-state index is 10.1. The molecular formula is C10H18O2. The number of ether oxygens (including phenoxy) is 1. The van der Waals surface area contributed by atoms with Crippen molar-refractivity contribution in [3.63, 3.8) is 0 Å². The summed E-state index contributed by atoms with van der Waals surface area (Å²) in [5, 5.41) is 10.1. The average molecular weight is 170 g/mol. The van der Waals surface area contributed by atoms with E-state index in [1.807, 2.05) is 0 Å². The molecule has 0 aromatic heterocycles. The van der Waals surface area contributed by atoms with Crippen molar-refractivity contribution in [2.75, 3.05) is 6.61 Å². The Balaban J connectivity index is 1.94. The topological polar surface area (TPSA) is 29.5 Å². The minimum Gasteiger partial charge on any atom is -0.389 e. The van der Waals surface area contributed by atoms with Gasteiger partial charge in [0, 0.05) is 5.92 Å². The zero-order valence-electron chi connectivity index (χ0n) is 7.92. The van der Waals surface area contributed by atoms with E-state index in [1.165, 1.54) is 0 Å². The van der Waals surface area contributed by atoms with Crippen LogP contribution in [0, 0.1) is 11.8 Å². The van der Waals surface area contributed by atoms with Gasteiger partial charge in [0.05, 0.1) is 18.3 Å². The third kappa shape index (κ3) is 1.17. The van der Waals surface area contributed by atoms with Gasteiger partial charge in [-0.05, 0) is 25.7 Å². The predicted octanol–water partition coefficient (Wildman–Crippen LogP) is 1.57. The molecule has 0 amide bonds. The second-order valence-electron chi connectivity index (χ2n) is 4.38. The fourth-order valence-electron chi connectivity index (χ4n) is 2.50. The molecule has 2 fully saturated rings. The summed E-state index contributed by atoms with van der Waals surface area (Å²) in [7, 11) is 0. The maximum Gasteiger partial charge on any atom is 0.0731 e. The third-order valence-electron chi connectivity index (χ3n) is 3.52. The monoisotopic (exact) mass is 170 g/mol. The van der Waals surface area contributed by atoms with Gasteiger partial charge in [-0.3, -0.25) is 0 Å². The van der Waals surface area contributed by atoms with Crippen LogP contribution in [0.3, 0.4) is 0 Å². The van der Waals surface area contributed by atoms with Crippen LogP contribution >= 0.6 is 0 Å². The van der Waals surface area contributed by atoms with Gasteiger partial charge in [-0.25, -0.2) is 0 Å². The van der Waals surface area contributed by atoms with Crippen LogP contribution in [0.1, 0.15) is 33.1 Å². The van der Waals surface area contributed by atoms with Crippen LogP contribution in [0.25, 0.3) is 0 Å². The summed E-state index contributed by atoms with van der Waals surface area (Å²) in [6, 6.07) is 0. The SMILES string of the molecule is CCC1CC1(O)C1COC(C)C1. The van der Waals surface area contributed by atoms with Crippen LogP contribution in [-0.2, 0) is 4.74 Å². The summed E-state index contributed by atoms with van der Waals surface area (Å²) < 4.78 is 5.46. The summed E-state index contributed by atoms with van der Waals surface area (Å²) in [5.41, 5.74) is -0.348. The molecule has 2 heteroatoms. The highest BCUT2D eigenvalue weighted by Crippen LogP contribution is 2.53. The summed E-state index contributed by atoms with van der Waals surface area (Å²) in [5.74, 6) is 0.967. The van der Waals surface area contributed by atoms with Crippen molar-refractivity contribution < 1.29 is 9.84 Å². The Morgan fingerprint density at radius 3 is 2.75 bits per heavy atom. The second-order valence-corrected chi connectivity index (χ2v) is 4.38. The van der Waals surface area contributed by atoms with Crippen molar-refractivity contribution in [1.82, 2.24) is 0 Å². The molecule has 0 spiro atoms. The highest BCUT2D eigenvalue weighted by atomic mass is 16.5. The van der Waals surface area contributed by atoms with E-state index in [0.29, 0.717) is 17.9 Å². The molecule has 1 saturated heterocycles. The highest BCUT2D eigenvalue weighted by Gasteiger charge is 2.57. The lowest BCUT2D eigenvalue weighted by Crippen LogP contribution is -2.24. The summed E-state index contributed by atoms with van der Waals surface area (Å²) in [6.45, 7) is 5.02. The molecule has 1 N–H and O–H groups in total. The fraction of sp³-hybridized carbons (Fsp3) is 1.00. The van der Waals surface area contributed by atoms with Crippen LogP contribution in [0.5, 0.6) is 0 Å². The molecule has 2 rings (SSSR count). The van der Waals surface area contributed by atoms with Gasteiger partial charge in [-0.1, -0.05) is 13.3 Å². The summed E-state index contributed by atoms with van der Waals surface area (Å²) in [4.78, 5) is 0. The Bertz CT molecular complexity index is 181. The molecule has 0 radical (unpaired) electrons. The predicted molar refractivity (Wildman–Crippen MR) is 46.9 cm³/mol. The minimum atomic E-state index is -0.348. The number of aliphatic hydroxyl groups is 1. The zero-order chi connectivity index (χ0) is 8.77. The van der Waals surface area contributed by atoms with Gasteiger partial charge in [-0.15, -0.1) is 0 Å². The molecule has 0 bridgehead atoms.